The minimum Gasteiger partial charge on any atom is -0.490 e. The molecule has 0 saturated heterocycles. The largest absolute Gasteiger partial charge is 0.490 e. The molecule has 2 aliphatic rings. The van der Waals surface area contributed by atoms with Gasteiger partial charge in [0.05, 0.1) is 6.10 Å². The SMILES string of the molecule is CCC1CC(=O)c2cc(Cl)cc(OC3CCC(N(C)C)CC3)c2CCCCCCc2cc(C)[nH]c(=O)c2C1. The van der Waals surface area contributed by atoms with Crippen LogP contribution in [0.3, 0.4) is 0 Å². The van der Waals surface area contributed by atoms with Crippen LogP contribution in [0.25, 0.3) is 0 Å². The van der Waals surface area contributed by atoms with Crippen LogP contribution in [0.5, 0.6) is 5.75 Å². The zero-order valence-electron chi connectivity index (χ0n) is 23.7. The lowest BCUT2D eigenvalue weighted by molar-refractivity contribution is 0.0953. The Hall–Kier alpha value is -2.11. The molecule has 1 aromatic carbocycles. The van der Waals surface area contributed by atoms with Gasteiger partial charge in [-0.3, -0.25) is 9.59 Å². The number of Topliss-reactive ketones (excluding diaryl/α,β-unsaturated/α-hetero) is 1. The summed E-state index contributed by atoms with van der Waals surface area (Å²) in [6.45, 7) is 4.06. The number of nitrogens with zero attached hydrogens (tertiary/aromatic N) is 1. The molecule has 0 radical (unpaired) electrons. The lowest BCUT2D eigenvalue weighted by atomic mass is 9.86. The average Bonchev–Trinajstić information content (AvgIpc) is 2.87. The van der Waals surface area contributed by atoms with E-state index in [1.807, 2.05) is 19.1 Å². The first-order valence-corrected chi connectivity index (χ1v) is 15.0. The zero-order valence-corrected chi connectivity index (χ0v) is 24.5. The van der Waals surface area contributed by atoms with E-state index in [4.69, 9.17) is 16.3 Å². The number of carbonyl (C=O) groups is 1. The van der Waals surface area contributed by atoms with Crippen molar-refractivity contribution in [1.82, 2.24) is 9.88 Å². The van der Waals surface area contributed by atoms with Crippen molar-refractivity contribution in [3.63, 3.8) is 0 Å². The number of ether oxygens (including phenoxy) is 1. The minimum atomic E-state index is 0.00103. The third kappa shape index (κ3) is 7.30. The van der Waals surface area contributed by atoms with Gasteiger partial charge in [-0.25, -0.2) is 0 Å². The molecule has 2 aromatic rings. The predicted molar refractivity (Wildman–Crippen MR) is 156 cm³/mol. The van der Waals surface area contributed by atoms with Gasteiger partial charge in [-0.05, 0) is 108 Å². The van der Waals surface area contributed by atoms with E-state index in [-0.39, 0.29) is 23.4 Å². The number of hydrogen-bond donors (Lipinski definition) is 1. The Labute approximate surface area is 233 Å². The Morgan fingerprint density at radius 3 is 2.34 bits per heavy atom. The summed E-state index contributed by atoms with van der Waals surface area (Å²) in [4.78, 5) is 32.0. The van der Waals surface area contributed by atoms with Crippen LogP contribution in [0, 0.1) is 12.8 Å². The monoisotopic (exact) mass is 540 g/mol. The standard InChI is InChI=1S/C32H45ClN2O3/c1-5-22-17-28-23(16-21(2)34-32(28)37)10-8-6-7-9-11-27-29(30(36)18-22)19-24(33)20-31(27)38-26-14-12-25(13-15-26)35(3)4/h16,19-20,22,25-26H,5-15,17-18H2,1-4H3,(H,34,37). The van der Waals surface area contributed by atoms with Gasteiger partial charge in [0.2, 0.25) is 0 Å². The summed E-state index contributed by atoms with van der Waals surface area (Å²) in [7, 11) is 4.30. The molecule has 4 rings (SSSR count). The molecule has 1 heterocycles. The Morgan fingerprint density at radius 1 is 0.947 bits per heavy atom. The maximum Gasteiger partial charge on any atom is 0.251 e. The molecule has 6 heteroatoms. The van der Waals surface area contributed by atoms with Crippen molar-refractivity contribution in [2.75, 3.05) is 14.1 Å². The molecule has 1 unspecified atom stereocenters. The fourth-order valence-corrected chi connectivity index (χ4v) is 6.51. The molecule has 1 N–H and O–H groups in total. The fraction of sp³-hybridized carbons (Fsp3) is 0.625. The summed E-state index contributed by atoms with van der Waals surface area (Å²) in [5, 5.41) is 0.556. The number of pyridine rings is 1. The average molecular weight is 541 g/mol. The van der Waals surface area contributed by atoms with Crippen LogP contribution in [0.2, 0.25) is 5.02 Å². The quantitative estimate of drug-likeness (QED) is 0.449. The van der Waals surface area contributed by atoms with Gasteiger partial charge in [0.1, 0.15) is 5.75 Å². The van der Waals surface area contributed by atoms with Crippen molar-refractivity contribution >= 4 is 17.4 Å². The summed E-state index contributed by atoms with van der Waals surface area (Å²) in [5.74, 6) is 1.01. The number of fused-ring (bicyclic) bond motifs is 2. The van der Waals surface area contributed by atoms with Gasteiger partial charge in [-0.1, -0.05) is 37.8 Å². The van der Waals surface area contributed by atoms with Gasteiger partial charge < -0.3 is 14.6 Å². The lowest BCUT2D eigenvalue weighted by Gasteiger charge is -2.33. The third-order valence-electron chi connectivity index (χ3n) is 8.67. The topological polar surface area (TPSA) is 62.4 Å². The van der Waals surface area contributed by atoms with Crippen molar-refractivity contribution in [3.8, 4) is 5.75 Å². The second-order valence-electron chi connectivity index (χ2n) is 11.7. The molecule has 2 aliphatic carbocycles. The summed E-state index contributed by atoms with van der Waals surface area (Å²) in [5.41, 5.74) is 4.65. The van der Waals surface area contributed by atoms with Crippen LogP contribution in [0.1, 0.15) is 104 Å². The van der Waals surface area contributed by atoms with Crippen LogP contribution < -0.4 is 10.3 Å². The smallest absolute Gasteiger partial charge is 0.251 e. The predicted octanol–water partition coefficient (Wildman–Crippen LogP) is 7.09. The number of halogens is 1. The fourth-order valence-electron chi connectivity index (χ4n) is 6.31. The van der Waals surface area contributed by atoms with E-state index < -0.39 is 0 Å². The van der Waals surface area contributed by atoms with Gasteiger partial charge in [-0.2, -0.15) is 0 Å². The van der Waals surface area contributed by atoms with E-state index in [1.165, 1.54) is 0 Å². The van der Waals surface area contributed by atoms with Gasteiger partial charge in [-0.15, -0.1) is 0 Å². The summed E-state index contributed by atoms with van der Waals surface area (Å²) < 4.78 is 6.61. The van der Waals surface area contributed by atoms with Crippen LogP contribution in [-0.2, 0) is 19.3 Å². The number of nitrogens with one attached hydrogen (secondary N) is 1. The van der Waals surface area contributed by atoms with E-state index in [2.05, 4.69) is 37.0 Å². The van der Waals surface area contributed by atoms with Crippen molar-refractivity contribution in [3.05, 3.63) is 61.5 Å². The van der Waals surface area contributed by atoms with Gasteiger partial charge in [0, 0.05) is 39.9 Å². The van der Waals surface area contributed by atoms with Crippen LogP contribution in [0.4, 0.5) is 0 Å². The number of aryl methyl sites for hydroxylation is 2. The van der Waals surface area contributed by atoms with E-state index in [0.717, 1.165) is 98.8 Å². The van der Waals surface area contributed by atoms with Crippen molar-refractivity contribution in [2.24, 2.45) is 5.92 Å². The first kappa shape index (κ1) is 28.9. The molecule has 0 bridgehead atoms. The molecular formula is C32H45ClN2O3. The molecule has 1 saturated carbocycles. The Balaban J connectivity index is 1.62. The molecule has 38 heavy (non-hydrogen) atoms. The number of rotatable bonds is 4. The van der Waals surface area contributed by atoms with E-state index in [0.29, 0.717) is 29.5 Å². The van der Waals surface area contributed by atoms with E-state index in [1.54, 1.807) is 0 Å². The Kier molecular flexibility index (Phi) is 10.1. The van der Waals surface area contributed by atoms with Crippen LogP contribution in [0.15, 0.2) is 23.0 Å². The van der Waals surface area contributed by atoms with Gasteiger partial charge in [0.25, 0.3) is 5.56 Å². The summed E-state index contributed by atoms with van der Waals surface area (Å²) >= 11 is 6.59. The second-order valence-corrected chi connectivity index (χ2v) is 12.2. The number of H-pyrrole nitrogens is 1. The Morgan fingerprint density at radius 2 is 1.66 bits per heavy atom. The zero-order chi connectivity index (χ0) is 27.2. The highest BCUT2D eigenvalue weighted by Crippen LogP contribution is 2.35. The number of carbonyl (C=O) groups excluding carboxylic acids is 1. The molecule has 1 fully saturated rings. The number of aromatic nitrogens is 1. The van der Waals surface area contributed by atoms with Crippen molar-refractivity contribution in [2.45, 2.75) is 109 Å². The van der Waals surface area contributed by atoms with E-state index >= 15 is 0 Å². The summed E-state index contributed by atoms with van der Waals surface area (Å²) in [6, 6.07) is 6.50. The molecule has 1 atom stereocenters. The second kappa shape index (κ2) is 13.3. The van der Waals surface area contributed by atoms with Gasteiger partial charge >= 0.3 is 0 Å². The molecule has 1 aromatic heterocycles. The molecule has 208 valence electrons. The van der Waals surface area contributed by atoms with Crippen LogP contribution in [-0.4, -0.2) is 41.9 Å². The first-order chi connectivity index (χ1) is 18.2. The molecule has 5 nitrogen and oxygen atoms in total. The van der Waals surface area contributed by atoms with E-state index in [9.17, 15) is 9.59 Å². The molecular weight excluding hydrogens is 496 g/mol. The lowest BCUT2D eigenvalue weighted by Crippen LogP contribution is -2.35. The number of hydrogen-bond acceptors (Lipinski definition) is 4. The van der Waals surface area contributed by atoms with Crippen molar-refractivity contribution < 1.29 is 9.53 Å². The Bertz CT molecular complexity index is 1160. The highest BCUT2D eigenvalue weighted by molar-refractivity contribution is 6.31. The number of benzene rings is 1. The first-order valence-electron chi connectivity index (χ1n) is 14.7. The molecule has 0 aliphatic heterocycles. The minimum absolute atomic E-state index is 0.00103. The normalized spacial score (nSPS) is 23.4. The summed E-state index contributed by atoms with van der Waals surface area (Å²) in [6.07, 6.45) is 12.3. The molecule has 0 spiro atoms. The highest BCUT2D eigenvalue weighted by atomic mass is 35.5. The number of ketones is 1. The van der Waals surface area contributed by atoms with Gasteiger partial charge in [0.15, 0.2) is 5.78 Å². The maximum atomic E-state index is 13.8. The number of aromatic amines is 1. The van der Waals surface area contributed by atoms with Crippen molar-refractivity contribution in [1.29, 1.82) is 0 Å². The highest BCUT2D eigenvalue weighted by Gasteiger charge is 2.27. The third-order valence-corrected chi connectivity index (χ3v) is 8.89. The van der Waals surface area contributed by atoms with Crippen LogP contribution >= 0.6 is 11.6 Å². The molecule has 0 amide bonds. The maximum absolute atomic E-state index is 13.8.